The van der Waals surface area contributed by atoms with Gasteiger partial charge in [-0.1, -0.05) is 0 Å². The van der Waals surface area contributed by atoms with Gasteiger partial charge in [0.25, 0.3) is 0 Å². The summed E-state index contributed by atoms with van der Waals surface area (Å²) in [7, 11) is -9.51. The van der Waals surface area contributed by atoms with Crippen molar-refractivity contribution in [1.29, 1.82) is 0 Å². The SMILES string of the molecule is CC(C)(P(=O)(O)O)P(=O)(O)O.[Na].[Na]. The Morgan fingerprint density at radius 1 is 0.846 bits per heavy atom. The molecule has 70 valence electrons. The molecule has 10 heteroatoms. The van der Waals surface area contributed by atoms with Crippen LogP contribution in [-0.2, 0) is 9.13 Å². The molecule has 0 spiro atoms. The number of hydrogen-bond donors (Lipinski definition) is 4. The van der Waals surface area contributed by atoms with Gasteiger partial charge in [0.15, 0.2) is 4.90 Å². The molecule has 0 aromatic rings. The minimum atomic E-state index is -4.75. The maximum absolute atomic E-state index is 10.5. The third-order valence-electron chi connectivity index (χ3n) is 1.43. The Balaban J connectivity index is -0.000000500. The first-order chi connectivity index (χ1) is 4.50. The monoisotopic (exact) mass is 250 g/mol. The van der Waals surface area contributed by atoms with Crippen molar-refractivity contribution in [3.05, 3.63) is 0 Å². The van der Waals surface area contributed by atoms with Crippen LogP contribution in [-0.4, -0.2) is 83.6 Å². The van der Waals surface area contributed by atoms with Gasteiger partial charge in [-0.15, -0.1) is 0 Å². The van der Waals surface area contributed by atoms with Crippen molar-refractivity contribution in [2.75, 3.05) is 0 Å². The van der Waals surface area contributed by atoms with E-state index >= 15 is 0 Å². The predicted molar refractivity (Wildman–Crippen MR) is 49.7 cm³/mol. The van der Waals surface area contributed by atoms with E-state index in [1.165, 1.54) is 0 Å². The zero-order chi connectivity index (χ0) is 9.50. The first-order valence-corrected chi connectivity index (χ1v) is 5.84. The molecule has 0 rings (SSSR count). The van der Waals surface area contributed by atoms with Crippen molar-refractivity contribution >= 4 is 74.3 Å². The summed E-state index contributed by atoms with van der Waals surface area (Å²) in [5.74, 6) is 0. The maximum atomic E-state index is 10.5. The van der Waals surface area contributed by atoms with Crippen LogP contribution in [0.2, 0.25) is 0 Å². The van der Waals surface area contributed by atoms with Crippen LogP contribution in [0.15, 0.2) is 0 Å². The van der Waals surface area contributed by atoms with Crippen molar-refractivity contribution in [2.24, 2.45) is 0 Å². The summed E-state index contributed by atoms with van der Waals surface area (Å²) in [6.07, 6.45) is 0. The van der Waals surface area contributed by atoms with Crippen LogP contribution in [0.25, 0.3) is 0 Å². The van der Waals surface area contributed by atoms with Crippen molar-refractivity contribution in [3.8, 4) is 0 Å². The van der Waals surface area contributed by atoms with Crippen LogP contribution < -0.4 is 0 Å². The van der Waals surface area contributed by atoms with E-state index in [4.69, 9.17) is 19.6 Å². The molecule has 0 amide bonds. The van der Waals surface area contributed by atoms with Gasteiger partial charge in [0.05, 0.1) is 0 Å². The predicted octanol–water partition coefficient (Wildman–Crippen LogP) is -0.684. The van der Waals surface area contributed by atoms with Crippen LogP contribution >= 0.6 is 15.2 Å². The normalized spacial score (nSPS) is 12.8. The average molecular weight is 250 g/mol. The quantitative estimate of drug-likeness (QED) is 0.381. The maximum Gasteiger partial charge on any atom is 0.343 e. The van der Waals surface area contributed by atoms with E-state index in [1.54, 1.807) is 0 Å². The van der Waals surface area contributed by atoms with E-state index < -0.39 is 20.1 Å². The largest absolute Gasteiger partial charge is 0.343 e. The Morgan fingerprint density at radius 2 is 1.00 bits per heavy atom. The minimum Gasteiger partial charge on any atom is -0.324 e. The molecule has 0 heterocycles. The molecular formula is C3H10Na2O6P2. The van der Waals surface area contributed by atoms with E-state index in [2.05, 4.69) is 0 Å². The van der Waals surface area contributed by atoms with Crippen molar-refractivity contribution in [2.45, 2.75) is 18.7 Å². The molecule has 0 aliphatic heterocycles. The van der Waals surface area contributed by atoms with Gasteiger partial charge < -0.3 is 19.6 Å². The van der Waals surface area contributed by atoms with E-state index in [0.29, 0.717) is 0 Å². The second kappa shape index (κ2) is 6.14. The topological polar surface area (TPSA) is 115 Å². The van der Waals surface area contributed by atoms with E-state index in [-0.39, 0.29) is 59.1 Å². The van der Waals surface area contributed by atoms with Crippen LogP contribution in [0.1, 0.15) is 13.8 Å². The minimum absolute atomic E-state index is 0. The van der Waals surface area contributed by atoms with Crippen LogP contribution in [0, 0.1) is 0 Å². The first-order valence-electron chi connectivity index (χ1n) is 2.61. The zero-order valence-corrected chi connectivity index (χ0v) is 13.8. The standard InChI is InChI=1S/C3H10O6P2.2Na/c1-3(2,10(4,5)6)11(7,8)9;;/h1-2H3,(H2,4,5,6)(H2,7,8,9);;. The van der Waals surface area contributed by atoms with Gasteiger partial charge in [-0.25, -0.2) is 0 Å². The molecule has 0 aliphatic rings. The van der Waals surface area contributed by atoms with Crippen molar-refractivity contribution in [3.63, 3.8) is 0 Å². The first kappa shape index (κ1) is 20.7. The molecule has 0 aliphatic carbocycles. The van der Waals surface area contributed by atoms with E-state index in [9.17, 15) is 9.13 Å². The van der Waals surface area contributed by atoms with Crippen molar-refractivity contribution < 1.29 is 28.7 Å². The third kappa shape index (κ3) is 5.25. The fourth-order valence-electron chi connectivity index (χ4n) is 0.170. The average Bonchev–Trinajstić information content (AvgIpc) is 1.58. The number of rotatable bonds is 2. The summed E-state index contributed by atoms with van der Waals surface area (Å²) >= 11 is 0. The Bertz CT molecular complexity index is 216. The molecule has 0 unspecified atom stereocenters. The Labute approximate surface area is 120 Å². The summed E-state index contributed by atoms with van der Waals surface area (Å²) < 4.78 is 21.0. The van der Waals surface area contributed by atoms with Crippen LogP contribution in [0.3, 0.4) is 0 Å². The molecule has 0 bridgehead atoms. The smallest absolute Gasteiger partial charge is 0.324 e. The Hall–Kier alpha value is 2.30. The molecule has 13 heavy (non-hydrogen) atoms. The molecule has 0 saturated heterocycles. The second-order valence-corrected chi connectivity index (χ2v) is 7.35. The fraction of sp³-hybridized carbons (Fsp3) is 1.00. The number of hydrogen-bond acceptors (Lipinski definition) is 2. The van der Waals surface area contributed by atoms with Gasteiger partial charge in [0.1, 0.15) is 0 Å². The van der Waals surface area contributed by atoms with Gasteiger partial charge in [0, 0.05) is 59.1 Å². The van der Waals surface area contributed by atoms with Crippen molar-refractivity contribution in [1.82, 2.24) is 0 Å². The fourth-order valence-corrected chi connectivity index (χ4v) is 1.53. The second-order valence-electron chi connectivity index (χ2n) is 2.58. The molecule has 0 atom stereocenters. The molecule has 0 fully saturated rings. The van der Waals surface area contributed by atoms with Gasteiger partial charge in [-0.3, -0.25) is 9.13 Å². The van der Waals surface area contributed by atoms with Crippen LogP contribution in [0.5, 0.6) is 0 Å². The third-order valence-corrected chi connectivity index (χ3v) is 5.84. The summed E-state index contributed by atoms with van der Waals surface area (Å²) in [5.41, 5.74) is 0. The molecule has 6 nitrogen and oxygen atoms in total. The van der Waals surface area contributed by atoms with Gasteiger partial charge in [0.2, 0.25) is 0 Å². The molecule has 4 N–H and O–H groups in total. The van der Waals surface area contributed by atoms with E-state index in [1.807, 2.05) is 0 Å². The zero-order valence-electron chi connectivity index (χ0n) is 8.00. The molecule has 2 radical (unpaired) electrons. The molecule has 0 aromatic heterocycles. The summed E-state index contributed by atoms with van der Waals surface area (Å²) in [6, 6.07) is 0. The molecule has 0 saturated carbocycles. The summed E-state index contributed by atoms with van der Waals surface area (Å²) in [5, 5.41) is 0. The van der Waals surface area contributed by atoms with Crippen LogP contribution in [0.4, 0.5) is 0 Å². The van der Waals surface area contributed by atoms with E-state index in [0.717, 1.165) is 13.8 Å². The van der Waals surface area contributed by atoms with Gasteiger partial charge >= 0.3 is 15.2 Å². The molecule has 0 aromatic carbocycles. The summed E-state index contributed by atoms with van der Waals surface area (Å²) in [4.78, 5) is 31.7. The molecular weight excluding hydrogens is 240 g/mol. The Kier molecular flexibility index (Phi) is 9.76. The van der Waals surface area contributed by atoms with Gasteiger partial charge in [-0.05, 0) is 13.8 Å². The van der Waals surface area contributed by atoms with Gasteiger partial charge in [-0.2, -0.15) is 0 Å². The summed E-state index contributed by atoms with van der Waals surface area (Å²) in [6.45, 7) is 1.66. The Morgan fingerprint density at radius 3 is 1.00 bits per heavy atom.